The van der Waals surface area contributed by atoms with Gasteiger partial charge in [-0.2, -0.15) is 45.3 Å². The molecule has 3 rings (SSSR count). The summed E-state index contributed by atoms with van der Waals surface area (Å²) in [6.07, 6.45) is -5.66. The lowest BCUT2D eigenvalue weighted by Gasteiger charge is -2.29. The molecule has 32 heavy (non-hydrogen) atoms. The van der Waals surface area contributed by atoms with Crippen molar-refractivity contribution in [1.82, 2.24) is 19.6 Å². The van der Waals surface area contributed by atoms with Crippen LogP contribution in [0.3, 0.4) is 0 Å². The highest BCUT2D eigenvalue weighted by molar-refractivity contribution is 5.79. The van der Waals surface area contributed by atoms with Gasteiger partial charge in [0, 0.05) is 17.2 Å². The van der Waals surface area contributed by atoms with Gasteiger partial charge in [0.1, 0.15) is 18.0 Å². The Balaban J connectivity index is 2.16. The first-order valence-electron chi connectivity index (χ1n) is 8.51. The van der Waals surface area contributed by atoms with Gasteiger partial charge in [-0.05, 0) is 13.0 Å². The maximum atomic E-state index is 14.6. The molecular formula is C17H12F9N5O. The van der Waals surface area contributed by atoms with Crippen LogP contribution in [0, 0.1) is 18.6 Å². The summed E-state index contributed by atoms with van der Waals surface area (Å²) in [6.45, 7) is -0.996. The monoisotopic (exact) mass is 473 g/mol. The maximum absolute atomic E-state index is 14.6. The highest BCUT2D eigenvalue weighted by Gasteiger charge is 2.72. The minimum atomic E-state index is -6.54. The van der Waals surface area contributed by atoms with Crippen molar-refractivity contribution in [3.63, 3.8) is 0 Å². The van der Waals surface area contributed by atoms with Crippen LogP contribution in [0.5, 0.6) is 5.75 Å². The number of hydrogen-bond donors (Lipinski definition) is 1. The third-order valence-electron chi connectivity index (χ3n) is 4.41. The molecule has 0 aliphatic carbocycles. The molecule has 2 aromatic heterocycles. The predicted octanol–water partition coefficient (Wildman–Crippen LogP) is 4.63. The fourth-order valence-electron chi connectivity index (χ4n) is 2.83. The van der Waals surface area contributed by atoms with E-state index in [1.807, 2.05) is 0 Å². The summed E-state index contributed by atoms with van der Waals surface area (Å²) in [6, 6.07) is 1.25. The van der Waals surface area contributed by atoms with Crippen LogP contribution in [0.25, 0.3) is 16.9 Å². The van der Waals surface area contributed by atoms with Crippen LogP contribution in [0.15, 0.2) is 18.5 Å². The Morgan fingerprint density at radius 3 is 2.28 bits per heavy atom. The fraction of sp³-hybridized carbons (Fsp3) is 0.353. The van der Waals surface area contributed by atoms with E-state index in [0.717, 1.165) is 13.4 Å². The minimum Gasteiger partial charge on any atom is -0.494 e. The highest BCUT2D eigenvalue weighted by Crippen LogP contribution is 2.46. The van der Waals surface area contributed by atoms with Crippen molar-refractivity contribution in [3.05, 3.63) is 35.8 Å². The average Bonchev–Trinajstić information content (AvgIpc) is 3.14. The number of aromatic nitrogens is 4. The lowest BCUT2D eigenvalue weighted by atomic mass is 10.0. The maximum Gasteiger partial charge on any atom is 0.459 e. The molecule has 0 amide bonds. The van der Waals surface area contributed by atoms with Gasteiger partial charge in [0.2, 0.25) is 0 Å². The van der Waals surface area contributed by atoms with Crippen LogP contribution in [0.4, 0.5) is 45.3 Å². The van der Waals surface area contributed by atoms with Crippen LogP contribution in [0.2, 0.25) is 0 Å². The molecule has 174 valence electrons. The molecule has 0 radical (unpaired) electrons. The Bertz CT molecular complexity index is 1160. The molecule has 3 aromatic rings. The third kappa shape index (κ3) is 3.75. The summed E-state index contributed by atoms with van der Waals surface area (Å²) in [5.74, 6) is -15.6. The Labute approximate surface area is 173 Å². The van der Waals surface area contributed by atoms with Gasteiger partial charge in [-0.3, -0.25) is 0 Å². The zero-order valence-electron chi connectivity index (χ0n) is 16.0. The summed E-state index contributed by atoms with van der Waals surface area (Å²) in [4.78, 5) is 7.60. The fourth-order valence-corrected chi connectivity index (χ4v) is 2.83. The number of alkyl halides is 7. The summed E-state index contributed by atoms with van der Waals surface area (Å²) in [5, 5.41) is 5.37. The van der Waals surface area contributed by atoms with E-state index in [-0.39, 0.29) is 11.5 Å². The summed E-state index contributed by atoms with van der Waals surface area (Å²) >= 11 is 0. The standard InChI is InChI=1S/C17H12F9N5O/c1-7-12(8-3-10(19)11(32-2)4-9(8)18)13(31-14(30-7)28-6-29-31)27-5-15(20,21)16(22,23)17(24,25)26/h3-4,6,27H,5H2,1-2H3. The smallest absolute Gasteiger partial charge is 0.459 e. The number of benzene rings is 1. The topological polar surface area (TPSA) is 64.3 Å². The first kappa shape index (κ1) is 23.4. The number of nitrogens with one attached hydrogen (secondary N) is 1. The van der Waals surface area contributed by atoms with Crippen molar-refractivity contribution in [3.8, 4) is 16.9 Å². The summed E-state index contributed by atoms with van der Waals surface area (Å²) in [5.41, 5.74) is -1.13. The van der Waals surface area contributed by atoms with E-state index in [0.29, 0.717) is 16.6 Å². The van der Waals surface area contributed by atoms with Gasteiger partial charge in [-0.15, -0.1) is 0 Å². The van der Waals surface area contributed by atoms with Gasteiger partial charge in [0.15, 0.2) is 11.6 Å². The Morgan fingerprint density at radius 1 is 1.03 bits per heavy atom. The quantitative estimate of drug-likeness (QED) is 0.529. The highest BCUT2D eigenvalue weighted by atomic mass is 19.4. The number of hydrogen-bond acceptors (Lipinski definition) is 5. The molecule has 0 saturated carbocycles. The van der Waals surface area contributed by atoms with E-state index in [1.165, 1.54) is 6.92 Å². The molecule has 1 N–H and O–H groups in total. The van der Waals surface area contributed by atoms with Crippen molar-refractivity contribution >= 4 is 11.6 Å². The number of aryl methyl sites for hydroxylation is 1. The number of halogens is 9. The molecule has 0 spiro atoms. The van der Waals surface area contributed by atoms with Crippen LogP contribution < -0.4 is 10.1 Å². The first-order chi connectivity index (χ1) is 14.7. The van der Waals surface area contributed by atoms with E-state index >= 15 is 0 Å². The number of ether oxygens (including phenoxy) is 1. The van der Waals surface area contributed by atoms with Crippen LogP contribution in [-0.2, 0) is 0 Å². The van der Waals surface area contributed by atoms with Crippen molar-refractivity contribution in [2.24, 2.45) is 0 Å². The average molecular weight is 473 g/mol. The second-order valence-electron chi connectivity index (χ2n) is 6.49. The number of anilines is 1. The number of nitrogens with zero attached hydrogens (tertiary/aromatic N) is 4. The molecule has 1 aromatic carbocycles. The van der Waals surface area contributed by atoms with Crippen LogP contribution in [0.1, 0.15) is 5.69 Å². The van der Waals surface area contributed by atoms with E-state index in [2.05, 4.69) is 19.8 Å². The van der Waals surface area contributed by atoms with Crippen molar-refractivity contribution in [1.29, 1.82) is 0 Å². The number of fused-ring (bicyclic) bond motifs is 1. The molecule has 0 aliphatic rings. The Kier molecular flexibility index (Phi) is 5.63. The predicted molar refractivity (Wildman–Crippen MR) is 91.9 cm³/mol. The van der Waals surface area contributed by atoms with Crippen LogP contribution in [-0.4, -0.2) is 51.3 Å². The molecule has 0 aliphatic heterocycles. The second-order valence-corrected chi connectivity index (χ2v) is 6.49. The molecular weight excluding hydrogens is 461 g/mol. The van der Waals surface area contributed by atoms with Crippen molar-refractivity contribution in [2.75, 3.05) is 19.0 Å². The van der Waals surface area contributed by atoms with Gasteiger partial charge >= 0.3 is 18.0 Å². The second kappa shape index (κ2) is 7.70. The Hall–Kier alpha value is -3.26. The normalized spacial score (nSPS) is 13.0. The van der Waals surface area contributed by atoms with Gasteiger partial charge in [-0.1, -0.05) is 0 Å². The van der Waals surface area contributed by atoms with E-state index in [1.54, 1.807) is 5.32 Å². The first-order valence-corrected chi connectivity index (χ1v) is 8.51. The van der Waals surface area contributed by atoms with E-state index in [4.69, 9.17) is 0 Å². The molecule has 2 heterocycles. The summed E-state index contributed by atoms with van der Waals surface area (Å²) < 4.78 is 126. The van der Waals surface area contributed by atoms with E-state index < -0.39 is 58.9 Å². The molecule has 0 atom stereocenters. The molecule has 0 fully saturated rings. The SMILES string of the molecule is COc1cc(F)c(-c2c(C)nc3ncnn3c2NCC(F)(F)C(F)(F)C(F)(F)F)cc1F. The number of methoxy groups -OCH3 is 1. The van der Waals surface area contributed by atoms with Gasteiger partial charge in [0.05, 0.1) is 19.3 Å². The zero-order valence-corrected chi connectivity index (χ0v) is 16.0. The Morgan fingerprint density at radius 2 is 1.69 bits per heavy atom. The van der Waals surface area contributed by atoms with Crippen molar-refractivity contribution in [2.45, 2.75) is 24.9 Å². The minimum absolute atomic E-state index is 0.137. The summed E-state index contributed by atoms with van der Waals surface area (Å²) in [7, 11) is 1.06. The number of rotatable bonds is 6. The molecule has 0 bridgehead atoms. The van der Waals surface area contributed by atoms with E-state index in [9.17, 15) is 39.5 Å². The van der Waals surface area contributed by atoms with Gasteiger partial charge in [-0.25, -0.2) is 13.8 Å². The molecule has 0 unspecified atom stereocenters. The van der Waals surface area contributed by atoms with Gasteiger partial charge < -0.3 is 10.1 Å². The molecule has 0 saturated heterocycles. The largest absolute Gasteiger partial charge is 0.494 e. The molecule has 6 nitrogen and oxygen atoms in total. The van der Waals surface area contributed by atoms with Crippen LogP contribution >= 0.6 is 0 Å². The zero-order chi connectivity index (χ0) is 24.1. The lowest BCUT2D eigenvalue weighted by Crippen LogP contribution is -2.55. The van der Waals surface area contributed by atoms with Crippen molar-refractivity contribution < 1.29 is 44.3 Å². The lowest BCUT2D eigenvalue weighted by molar-refractivity contribution is -0.350. The molecule has 15 heteroatoms. The third-order valence-corrected chi connectivity index (χ3v) is 4.41. The van der Waals surface area contributed by atoms with Gasteiger partial charge in [0.25, 0.3) is 5.78 Å².